The molecule has 3 amide bonds. The summed E-state index contributed by atoms with van der Waals surface area (Å²) < 4.78 is 6.22. The van der Waals surface area contributed by atoms with Crippen LogP contribution in [0.4, 0.5) is 4.79 Å². The Morgan fingerprint density at radius 2 is 1.88 bits per heavy atom. The van der Waals surface area contributed by atoms with Crippen molar-refractivity contribution in [2.45, 2.75) is 39.3 Å². The summed E-state index contributed by atoms with van der Waals surface area (Å²) in [5.41, 5.74) is 0.891. The topological polar surface area (TPSA) is 97.4 Å². The molecular weight excluding hydrogens is 324 g/mol. The molecule has 1 aliphatic rings. The summed E-state index contributed by atoms with van der Waals surface area (Å²) in [5, 5.41) is 6.50. The van der Waals surface area contributed by atoms with Crippen LogP contribution in [-0.4, -0.2) is 38.6 Å². The van der Waals surface area contributed by atoms with Gasteiger partial charge in [-0.15, -0.1) is 0 Å². The van der Waals surface area contributed by atoms with Crippen molar-refractivity contribution >= 4 is 11.9 Å². The summed E-state index contributed by atoms with van der Waals surface area (Å²) in [6, 6.07) is 7.14. The zero-order valence-corrected chi connectivity index (χ0v) is 14.4. The van der Waals surface area contributed by atoms with Crippen LogP contribution in [0.1, 0.15) is 25.8 Å². The fraction of sp³-hybridized carbons (Fsp3) is 0.412. The van der Waals surface area contributed by atoms with Gasteiger partial charge in [0, 0.05) is 18.7 Å². The van der Waals surface area contributed by atoms with Crippen LogP contribution >= 0.6 is 0 Å². The number of hydrogen-bond donors (Lipinski definition) is 1. The molecule has 0 atom stereocenters. The number of aromatic nitrogens is 2. The maximum atomic E-state index is 12.2. The van der Waals surface area contributed by atoms with E-state index >= 15 is 0 Å². The maximum Gasteiger partial charge on any atom is 0.441 e. The van der Waals surface area contributed by atoms with Gasteiger partial charge in [0.25, 0.3) is 5.91 Å². The normalized spacial score (nSPS) is 16.4. The van der Waals surface area contributed by atoms with Crippen LogP contribution in [-0.2, 0) is 11.3 Å². The first-order valence-corrected chi connectivity index (χ1v) is 8.08. The smallest absolute Gasteiger partial charge is 0.324 e. The fourth-order valence-electron chi connectivity index (χ4n) is 2.89. The lowest BCUT2D eigenvalue weighted by Gasteiger charge is -2.16. The Morgan fingerprint density at radius 1 is 1.16 bits per heavy atom. The minimum Gasteiger partial charge on any atom is -0.324 e. The lowest BCUT2D eigenvalue weighted by atomic mass is 10.1. The number of imide groups is 1. The van der Waals surface area contributed by atoms with E-state index in [1.807, 2.05) is 31.2 Å². The average molecular weight is 344 g/mol. The molecule has 0 aliphatic carbocycles. The van der Waals surface area contributed by atoms with Gasteiger partial charge >= 0.3 is 11.8 Å². The number of nitrogens with zero attached hydrogens (tertiary/aromatic N) is 3. The summed E-state index contributed by atoms with van der Waals surface area (Å²) in [7, 11) is 0. The van der Waals surface area contributed by atoms with Gasteiger partial charge in [-0.1, -0.05) is 29.4 Å². The average Bonchev–Trinajstić information content (AvgIpc) is 3.00. The van der Waals surface area contributed by atoms with Crippen molar-refractivity contribution in [1.29, 1.82) is 0 Å². The van der Waals surface area contributed by atoms with Crippen molar-refractivity contribution in [2.24, 2.45) is 0 Å². The minimum absolute atomic E-state index is 0.221. The Kier molecular flexibility index (Phi) is 4.20. The Labute approximate surface area is 144 Å². The van der Waals surface area contributed by atoms with E-state index in [1.165, 1.54) is 9.47 Å². The number of rotatable bonds is 5. The van der Waals surface area contributed by atoms with E-state index in [-0.39, 0.29) is 12.5 Å². The van der Waals surface area contributed by atoms with E-state index in [1.54, 1.807) is 13.8 Å². The predicted molar refractivity (Wildman–Crippen MR) is 89.9 cm³/mol. The first-order chi connectivity index (χ1) is 11.8. The number of urea groups is 1. The number of nitrogens with one attached hydrogen (secondary N) is 1. The second-order valence-electron chi connectivity index (χ2n) is 6.60. The van der Waals surface area contributed by atoms with Gasteiger partial charge in [-0.3, -0.25) is 18.8 Å². The largest absolute Gasteiger partial charge is 0.441 e. The number of hydrogen-bond acceptors (Lipinski definition) is 5. The van der Waals surface area contributed by atoms with Crippen LogP contribution < -0.4 is 11.1 Å². The monoisotopic (exact) mass is 344 g/mol. The lowest BCUT2D eigenvalue weighted by molar-refractivity contribution is -0.130. The second-order valence-corrected chi connectivity index (χ2v) is 6.60. The standard InChI is InChI=1S/C17H20N4O4/c1-11-7-4-5-8-12(11)13-19-25-16(24)20(13)9-6-10-21-14(22)17(2,3)18-15(21)23/h4-5,7-8H,6,9-10H2,1-3H3,(H,18,23). The van der Waals surface area contributed by atoms with Crippen molar-refractivity contribution in [3.05, 3.63) is 40.4 Å². The number of benzene rings is 1. The third-order valence-corrected chi connectivity index (χ3v) is 4.28. The highest BCUT2D eigenvalue weighted by molar-refractivity contribution is 6.06. The molecule has 0 spiro atoms. The third-order valence-electron chi connectivity index (χ3n) is 4.28. The first kappa shape index (κ1) is 16.9. The highest BCUT2D eigenvalue weighted by Crippen LogP contribution is 2.21. The number of carbonyl (C=O) groups is 2. The van der Waals surface area contributed by atoms with Crippen molar-refractivity contribution in [2.75, 3.05) is 6.54 Å². The quantitative estimate of drug-likeness (QED) is 0.830. The zero-order valence-electron chi connectivity index (χ0n) is 14.4. The van der Waals surface area contributed by atoms with Crippen LogP contribution in [0.3, 0.4) is 0 Å². The molecule has 3 rings (SSSR count). The number of amides is 3. The summed E-state index contributed by atoms with van der Waals surface area (Å²) in [5.74, 6) is -0.384. The summed E-state index contributed by atoms with van der Waals surface area (Å²) in [6.45, 7) is 5.76. The summed E-state index contributed by atoms with van der Waals surface area (Å²) >= 11 is 0. The van der Waals surface area contributed by atoms with Gasteiger partial charge in [-0.2, -0.15) is 0 Å². The van der Waals surface area contributed by atoms with Crippen LogP contribution in [0.5, 0.6) is 0 Å². The van der Waals surface area contributed by atoms with Crippen LogP contribution in [0.25, 0.3) is 11.4 Å². The van der Waals surface area contributed by atoms with Crippen LogP contribution in [0.2, 0.25) is 0 Å². The summed E-state index contributed by atoms with van der Waals surface area (Å²) in [4.78, 5) is 37.2. The molecule has 1 saturated heterocycles. The molecule has 132 valence electrons. The van der Waals surface area contributed by atoms with Gasteiger partial charge in [-0.05, 0) is 32.8 Å². The molecule has 1 aliphatic heterocycles. The highest BCUT2D eigenvalue weighted by Gasteiger charge is 2.43. The van der Waals surface area contributed by atoms with E-state index in [9.17, 15) is 14.4 Å². The van der Waals surface area contributed by atoms with Crippen LogP contribution in [0.15, 0.2) is 33.6 Å². The van der Waals surface area contributed by atoms with Gasteiger partial charge in [0.05, 0.1) is 0 Å². The Bertz CT molecular complexity index is 881. The van der Waals surface area contributed by atoms with Gasteiger partial charge in [-0.25, -0.2) is 9.59 Å². The number of carbonyl (C=O) groups excluding carboxylic acids is 2. The molecule has 0 unspecified atom stereocenters. The summed E-state index contributed by atoms with van der Waals surface area (Å²) in [6.07, 6.45) is 0.426. The minimum atomic E-state index is -0.891. The Morgan fingerprint density at radius 3 is 2.52 bits per heavy atom. The van der Waals surface area contributed by atoms with Crippen molar-refractivity contribution in [3.8, 4) is 11.4 Å². The third kappa shape index (κ3) is 3.07. The molecule has 1 aromatic carbocycles. The SMILES string of the molecule is Cc1ccccc1-c1noc(=O)n1CCCN1C(=O)NC(C)(C)C1=O. The van der Waals surface area contributed by atoms with Crippen LogP contribution in [0, 0.1) is 6.92 Å². The molecule has 1 fully saturated rings. The molecule has 1 aromatic heterocycles. The molecule has 0 bridgehead atoms. The fourth-order valence-corrected chi connectivity index (χ4v) is 2.89. The molecule has 0 saturated carbocycles. The zero-order chi connectivity index (χ0) is 18.2. The van der Waals surface area contributed by atoms with E-state index in [4.69, 9.17) is 4.52 Å². The van der Waals surface area contributed by atoms with Gasteiger partial charge in [0.1, 0.15) is 5.54 Å². The van der Waals surface area contributed by atoms with E-state index in [0.717, 1.165) is 11.1 Å². The van der Waals surface area contributed by atoms with Gasteiger partial charge < -0.3 is 5.32 Å². The molecule has 0 radical (unpaired) electrons. The molecule has 1 N–H and O–H groups in total. The van der Waals surface area contributed by atoms with Gasteiger partial charge in [0.15, 0.2) is 5.82 Å². The van der Waals surface area contributed by atoms with Crippen molar-refractivity contribution in [1.82, 2.24) is 19.9 Å². The lowest BCUT2D eigenvalue weighted by Crippen LogP contribution is -2.40. The molecule has 25 heavy (non-hydrogen) atoms. The Balaban J connectivity index is 1.74. The highest BCUT2D eigenvalue weighted by atomic mass is 16.5. The number of aryl methyl sites for hydroxylation is 1. The maximum absolute atomic E-state index is 12.2. The van der Waals surface area contributed by atoms with Crippen molar-refractivity contribution < 1.29 is 14.1 Å². The van der Waals surface area contributed by atoms with Gasteiger partial charge in [0.2, 0.25) is 0 Å². The van der Waals surface area contributed by atoms with E-state index < -0.39 is 17.3 Å². The first-order valence-electron chi connectivity index (χ1n) is 8.08. The Hall–Kier alpha value is -2.90. The molecule has 2 aromatic rings. The molecular formula is C17H20N4O4. The molecule has 8 nitrogen and oxygen atoms in total. The van der Waals surface area contributed by atoms with E-state index in [0.29, 0.717) is 18.8 Å². The van der Waals surface area contributed by atoms with E-state index in [2.05, 4.69) is 10.5 Å². The molecule has 8 heteroatoms. The van der Waals surface area contributed by atoms with Crippen molar-refractivity contribution in [3.63, 3.8) is 0 Å². The molecule has 2 heterocycles. The predicted octanol–water partition coefficient (Wildman–Crippen LogP) is 1.53. The second kappa shape index (κ2) is 6.19.